The summed E-state index contributed by atoms with van der Waals surface area (Å²) < 4.78 is 40.0. The SMILES string of the molecule is CCCCOc1c(F)c(C#N)c(C#N)c(F)c1Nc1cccc(OC)c1. The number of nitrogens with one attached hydrogen (secondary N) is 1. The third-order valence-corrected chi connectivity index (χ3v) is 3.64. The van der Waals surface area contributed by atoms with Crippen molar-refractivity contribution in [2.24, 2.45) is 0 Å². The van der Waals surface area contributed by atoms with Crippen molar-refractivity contribution in [1.82, 2.24) is 0 Å². The summed E-state index contributed by atoms with van der Waals surface area (Å²) in [5.74, 6) is -2.01. The molecule has 0 aromatic heterocycles. The van der Waals surface area contributed by atoms with Crippen LogP contribution in [0.1, 0.15) is 30.9 Å². The first-order valence-corrected chi connectivity index (χ1v) is 7.96. The molecule has 0 aliphatic carbocycles. The van der Waals surface area contributed by atoms with Crippen LogP contribution in [0.4, 0.5) is 20.2 Å². The maximum Gasteiger partial charge on any atom is 0.186 e. The molecule has 26 heavy (non-hydrogen) atoms. The van der Waals surface area contributed by atoms with Crippen LogP contribution < -0.4 is 14.8 Å². The van der Waals surface area contributed by atoms with E-state index >= 15 is 0 Å². The summed E-state index contributed by atoms with van der Waals surface area (Å²) >= 11 is 0. The molecule has 0 saturated heterocycles. The van der Waals surface area contributed by atoms with Crippen LogP contribution in [0.5, 0.6) is 11.5 Å². The molecule has 0 atom stereocenters. The molecule has 0 aliphatic rings. The van der Waals surface area contributed by atoms with Gasteiger partial charge in [0.1, 0.15) is 34.7 Å². The Morgan fingerprint density at radius 1 is 1.12 bits per heavy atom. The molecule has 2 aromatic rings. The van der Waals surface area contributed by atoms with Crippen LogP contribution in [0.2, 0.25) is 0 Å². The highest BCUT2D eigenvalue weighted by molar-refractivity contribution is 5.73. The second kappa shape index (κ2) is 8.68. The summed E-state index contributed by atoms with van der Waals surface area (Å²) in [6.45, 7) is 2.08. The third-order valence-electron chi connectivity index (χ3n) is 3.64. The summed E-state index contributed by atoms with van der Waals surface area (Å²) in [7, 11) is 1.48. The number of halogens is 2. The number of anilines is 2. The molecule has 7 heteroatoms. The molecule has 0 unspecified atom stereocenters. The molecule has 0 bridgehead atoms. The zero-order chi connectivity index (χ0) is 19.1. The zero-order valence-electron chi connectivity index (χ0n) is 14.4. The second-order valence-electron chi connectivity index (χ2n) is 5.36. The Morgan fingerprint density at radius 2 is 1.81 bits per heavy atom. The summed E-state index contributed by atoms with van der Waals surface area (Å²) in [5, 5.41) is 21.0. The summed E-state index contributed by atoms with van der Waals surface area (Å²) in [6, 6.07) is 9.64. The number of benzene rings is 2. The molecular weight excluding hydrogens is 340 g/mol. The van der Waals surface area contributed by atoms with E-state index in [0.717, 1.165) is 6.42 Å². The van der Waals surface area contributed by atoms with Gasteiger partial charge in [0.2, 0.25) is 0 Å². The van der Waals surface area contributed by atoms with Gasteiger partial charge in [0, 0.05) is 11.8 Å². The Hall–Kier alpha value is -3.32. The van der Waals surface area contributed by atoms with Gasteiger partial charge >= 0.3 is 0 Å². The number of rotatable bonds is 7. The lowest BCUT2D eigenvalue weighted by molar-refractivity contribution is 0.294. The maximum atomic E-state index is 14.8. The highest BCUT2D eigenvalue weighted by atomic mass is 19.1. The van der Waals surface area contributed by atoms with E-state index in [-0.39, 0.29) is 12.3 Å². The van der Waals surface area contributed by atoms with Gasteiger partial charge in [-0.3, -0.25) is 0 Å². The van der Waals surface area contributed by atoms with Crippen molar-refractivity contribution in [3.8, 4) is 23.6 Å². The summed E-state index contributed by atoms with van der Waals surface area (Å²) in [4.78, 5) is 0. The van der Waals surface area contributed by atoms with Gasteiger partial charge in [-0.2, -0.15) is 10.5 Å². The molecular formula is C19H17F2N3O2. The molecule has 0 heterocycles. The van der Waals surface area contributed by atoms with E-state index in [2.05, 4.69) is 5.32 Å². The van der Waals surface area contributed by atoms with E-state index in [1.807, 2.05) is 6.92 Å². The number of methoxy groups -OCH3 is 1. The Labute approximate surface area is 150 Å². The molecule has 0 saturated carbocycles. The van der Waals surface area contributed by atoms with E-state index in [0.29, 0.717) is 17.9 Å². The third kappa shape index (κ3) is 3.84. The quantitative estimate of drug-likeness (QED) is 0.731. The molecule has 0 amide bonds. The Morgan fingerprint density at radius 3 is 2.42 bits per heavy atom. The molecule has 0 spiro atoms. The lowest BCUT2D eigenvalue weighted by Crippen LogP contribution is -2.08. The average Bonchev–Trinajstić information content (AvgIpc) is 2.66. The molecule has 0 radical (unpaired) electrons. The average molecular weight is 357 g/mol. The zero-order valence-corrected chi connectivity index (χ0v) is 14.4. The maximum absolute atomic E-state index is 14.8. The first-order valence-electron chi connectivity index (χ1n) is 7.96. The van der Waals surface area contributed by atoms with E-state index in [1.165, 1.54) is 13.2 Å². The van der Waals surface area contributed by atoms with Crippen LogP contribution in [-0.2, 0) is 0 Å². The van der Waals surface area contributed by atoms with E-state index in [9.17, 15) is 8.78 Å². The lowest BCUT2D eigenvalue weighted by atomic mass is 10.1. The van der Waals surface area contributed by atoms with Crippen molar-refractivity contribution in [1.29, 1.82) is 10.5 Å². The predicted molar refractivity (Wildman–Crippen MR) is 92.5 cm³/mol. The van der Waals surface area contributed by atoms with Crippen LogP contribution >= 0.6 is 0 Å². The van der Waals surface area contributed by atoms with Gasteiger partial charge in [0.15, 0.2) is 17.4 Å². The molecule has 2 rings (SSSR count). The van der Waals surface area contributed by atoms with Crippen molar-refractivity contribution < 1.29 is 18.3 Å². The minimum absolute atomic E-state index is 0.149. The summed E-state index contributed by atoms with van der Waals surface area (Å²) in [6.07, 6.45) is 1.42. The number of hydrogen-bond acceptors (Lipinski definition) is 5. The van der Waals surface area contributed by atoms with Gasteiger partial charge in [-0.05, 0) is 18.6 Å². The highest BCUT2D eigenvalue weighted by Crippen LogP contribution is 2.38. The minimum atomic E-state index is -1.06. The van der Waals surface area contributed by atoms with Crippen LogP contribution in [-0.4, -0.2) is 13.7 Å². The monoisotopic (exact) mass is 357 g/mol. The fourth-order valence-corrected chi connectivity index (χ4v) is 2.29. The molecule has 1 N–H and O–H groups in total. The van der Waals surface area contributed by atoms with Gasteiger partial charge in [-0.15, -0.1) is 0 Å². The molecule has 0 fully saturated rings. The standard InChI is InChI=1S/C19H17F2N3O2/c1-3-4-8-26-19-17(21)15(11-23)14(10-22)16(20)18(19)24-12-6-5-7-13(9-12)25-2/h5-7,9,24H,3-4,8H2,1-2H3. The van der Waals surface area contributed by atoms with Gasteiger partial charge in [-0.1, -0.05) is 19.4 Å². The van der Waals surface area contributed by atoms with Gasteiger partial charge < -0.3 is 14.8 Å². The molecule has 5 nitrogen and oxygen atoms in total. The second-order valence-corrected chi connectivity index (χ2v) is 5.36. The van der Waals surface area contributed by atoms with E-state index in [1.54, 1.807) is 30.3 Å². The van der Waals surface area contributed by atoms with Crippen molar-refractivity contribution in [2.45, 2.75) is 19.8 Å². The number of hydrogen-bond donors (Lipinski definition) is 1. The number of nitriles is 2. The van der Waals surface area contributed by atoms with Crippen LogP contribution in [0.25, 0.3) is 0 Å². The number of unbranched alkanes of at least 4 members (excludes halogenated alkanes) is 1. The fourth-order valence-electron chi connectivity index (χ4n) is 2.29. The van der Waals surface area contributed by atoms with Crippen molar-refractivity contribution >= 4 is 11.4 Å². The smallest absolute Gasteiger partial charge is 0.186 e. The van der Waals surface area contributed by atoms with E-state index in [4.69, 9.17) is 20.0 Å². The van der Waals surface area contributed by atoms with Crippen molar-refractivity contribution in [2.75, 3.05) is 19.0 Å². The lowest BCUT2D eigenvalue weighted by Gasteiger charge is -2.17. The highest BCUT2D eigenvalue weighted by Gasteiger charge is 2.26. The predicted octanol–water partition coefficient (Wildman–Crippen LogP) is 4.64. The minimum Gasteiger partial charge on any atom is -0.497 e. The van der Waals surface area contributed by atoms with Gasteiger partial charge in [0.25, 0.3) is 0 Å². The van der Waals surface area contributed by atoms with Crippen LogP contribution in [0.15, 0.2) is 24.3 Å². The molecule has 134 valence electrons. The Kier molecular flexibility index (Phi) is 6.35. The van der Waals surface area contributed by atoms with Gasteiger partial charge in [0.05, 0.1) is 13.7 Å². The fraction of sp³-hybridized carbons (Fsp3) is 0.263. The van der Waals surface area contributed by atoms with Crippen molar-refractivity contribution in [3.05, 3.63) is 47.0 Å². The van der Waals surface area contributed by atoms with Crippen molar-refractivity contribution in [3.63, 3.8) is 0 Å². The normalized spacial score (nSPS) is 9.92. The summed E-state index contributed by atoms with van der Waals surface area (Å²) in [5.41, 5.74) is -1.26. The topological polar surface area (TPSA) is 78.1 Å². The first-order chi connectivity index (χ1) is 12.6. The largest absolute Gasteiger partial charge is 0.497 e. The molecule has 0 aliphatic heterocycles. The number of nitrogens with zero attached hydrogens (tertiary/aromatic N) is 2. The first kappa shape index (κ1) is 19.0. The number of ether oxygens (including phenoxy) is 2. The van der Waals surface area contributed by atoms with Crippen LogP contribution in [0, 0.1) is 34.3 Å². The Balaban J connectivity index is 2.59. The molecule has 2 aromatic carbocycles. The Bertz CT molecular complexity index is 886. The van der Waals surface area contributed by atoms with Crippen LogP contribution in [0.3, 0.4) is 0 Å². The van der Waals surface area contributed by atoms with Gasteiger partial charge in [-0.25, -0.2) is 8.78 Å². The van der Waals surface area contributed by atoms with E-state index < -0.39 is 28.5 Å².